The SMILES string of the molecule is CNCc1ccc(S(=O)(=O)Nc2ccc(C(=O)OC)c(F)c2)cc1. The van der Waals surface area contributed by atoms with Crippen molar-refractivity contribution in [1.82, 2.24) is 5.32 Å². The van der Waals surface area contributed by atoms with E-state index >= 15 is 0 Å². The zero-order valence-electron chi connectivity index (χ0n) is 13.2. The molecular weight excluding hydrogens is 335 g/mol. The van der Waals surface area contributed by atoms with Crippen molar-refractivity contribution in [1.29, 1.82) is 0 Å². The summed E-state index contributed by atoms with van der Waals surface area (Å²) in [4.78, 5) is 11.4. The fraction of sp³-hybridized carbons (Fsp3) is 0.188. The molecule has 0 heterocycles. The molecule has 24 heavy (non-hydrogen) atoms. The van der Waals surface area contributed by atoms with Gasteiger partial charge in [-0.05, 0) is 42.9 Å². The molecule has 0 radical (unpaired) electrons. The Hall–Kier alpha value is -2.45. The normalized spacial score (nSPS) is 11.1. The average molecular weight is 352 g/mol. The number of nitrogens with one attached hydrogen (secondary N) is 2. The van der Waals surface area contributed by atoms with Crippen LogP contribution in [0.25, 0.3) is 0 Å². The molecule has 2 rings (SSSR count). The van der Waals surface area contributed by atoms with Crippen molar-refractivity contribution in [3.05, 3.63) is 59.4 Å². The van der Waals surface area contributed by atoms with Gasteiger partial charge in [-0.25, -0.2) is 17.6 Å². The molecule has 0 saturated heterocycles. The second-order valence-corrected chi connectivity index (χ2v) is 6.65. The van der Waals surface area contributed by atoms with Crippen molar-refractivity contribution in [3.8, 4) is 0 Å². The van der Waals surface area contributed by atoms with Gasteiger partial charge in [0.1, 0.15) is 5.82 Å². The first-order valence-electron chi connectivity index (χ1n) is 7.01. The lowest BCUT2D eigenvalue weighted by Gasteiger charge is -2.10. The lowest BCUT2D eigenvalue weighted by atomic mass is 10.2. The molecular formula is C16H17FN2O4S. The number of halogens is 1. The van der Waals surface area contributed by atoms with Crippen LogP contribution >= 0.6 is 0 Å². The second kappa shape index (κ2) is 7.41. The summed E-state index contributed by atoms with van der Waals surface area (Å²) in [6.45, 7) is 0.619. The third-order valence-electron chi connectivity index (χ3n) is 3.24. The van der Waals surface area contributed by atoms with Gasteiger partial charge in [0.15, 0.2) is 0 Å². The highest BCUT2D eigenvalue weighted by molar-refractivity contribution is 7.92. The van der Waals surface area contributed by atoms with Crippen LogP contribution in [0.1, 0.15) is 15.9 Å². The molecule has 0 atom stereocenters. The van der Waals surface area contributed by atoms with Crippen LogP contribution in [0.15, 0.2) is 47.4 Å². The molecule has 2 aromatic rings. The maximum atomic E-state index is 13.9. The zero-order valence-corrected chi connectivity index (χ0v) is 14.0. The number of hydrogen-bond donors (Lipinski definition) is 2. The quantitative estimate of drug-likeness (QED) is 0.778. The van der Waals surface area contributed by atoms with Gasteiger partial charge >= 0.3 is 5.97 Å². The van der Waals surface area contributed by atoms with Crippen molar-refractivity contribution in [3.63, 3.8) is 0 Å². The van der Waals surface area contributed by atoms with Crippen LogP contribution in [0.3, 0.4) is 0 Å². The van der Waals surface area contributed by atoms with E-state index < -0.39 is 21.8 Å². The van der Waals surface area contributed by atoms with Crippen LogP contribution in [0.5, 0.6) is 0 Å². The predicted octanol–water partition coefficient (Wildman–Crippen LogP) is 2.13. The lowest BCUT2D eigenvalue weighted by molar-refractivity contribution is 0.0595. The molecule has 0 spiro atoms. The van der Waals surface area contributed by atoms with Gasteiger partial charge in [-0.1, -0.05) is 12.1 Å². The standard InChI is InChI=1S/C16H17FN2O4S/c1-18-10-11-3-6-13(7-4-11)24(21,22)19-12-5-8-14(15(17)9-12)16(20)23-2/h3-9,18-19H,10H2,1-2H3. The van der Waals surface area contributed by atoms with Gasteiger partial charge < -0.3 is 10.1 Å². The lowest BCUT2D eigenvalue weighted by Crippen LogP contribution is -2.14. The molecule has 2 aromatic carbocycles. The topological polar surface area (TPSA) is 84.5 Å². The zero-order chi connectivity index (χ0) is 17.7. The van der Waals surface area contributed by atoms with E-state index in [1.165, 1.54) is 18.2 Å². The van der Waals surface area contributed by atoms with E-state index in [0.29, 0.717) is 6.54 Å². The highest BCUT2D eigenvalue weighted by Gasteiger charge is 2.17. The fourth-order valence-electron chi connectivity index (χ4n) is 2.06. The summed E-state index contributed by atoms with van der Waals surface area (Å²) >= 11 is 0. The summed E-state index contributed by atoms with van der Waals surface area (Å²) in [5.74, 6) is -1.70. The Bertz CT molecular complexity index is 836. The van der Waals surface area contributed by atoms with Gasteiger partial charge in [-0.3, -0.25) is 4.72 Å². The molecule has 8 heteroatoms. The molecule has 0 aliphatic heterocycles. The van der Waals surface area contributed by atoms with Crippen molar-refractivity contribution >= 4 is 21.7 Å². The number of anilines is 1. The van der Waals surface area contributed by atoms with Crippen molar-refractivity contribution in [2.45, 2.75) is 11.4 Å². The summed E-state index contributed by atoms with van der Waals surface area (Å²) < 4.78 is 45.2. The van der Waals surface area contributed by atoms with Gasteiger partial charge in [-0.2, -0.15) is 0 Å². The number of hydrogen-bond acceptors (Lipinski definition) is 5. The van der Waals surface area contributed by atoms with Crippen LogP contribution < -0.4 is 10.0 Å². The molecule has 0 bridgehead atoms. The number of carbonyl (C=O) groups excluding carboxylic acids is 1. The van der Waals surface area contributed by atoms with E-state index in [1.807, 2.05) is 0 Å². The number of methoxy groups -OCH3 is 1. The first-order valence-corrected chi connectivity index (χ1v) is 8.50. The van der Waals surface area contributed by atoms with Crippen molar-refractivity contribution in [2.75, 3.05) is 18.9 Å². The molecule has 0 unspecified atom stereocenters. The van der Waals surface area contributed by atoms with Crippen molar-refractivity contribution < 1.29 is 22.3 Å². The fourth-order valence-corrected chi connectivity index (χ4v) is 3.11. The monoisotopic (exact) mass is 352 g/mol. The molecule has 128 valence electrons. The molecule has 6 nitrogen and oxygen atoms in total. The van der Waals surface area contributed by atoms with E-state index in [1.54, 1.807) is 19.2 Å². The minimum Gasteiger partial charge on any atom is -0.465 e. The van der Waals surface area contributed by atoms with Crippen LogP contribution in [0, 0.1) is 5.82 Å². The van der Waals surface area contributed by atoms with Crippen molar-refractivity contribution in [2.24, 2.45) is 0 Å². The number of sulfonamides is 1. The van der Waals surface area contributed by atoms with Gasteiger partial charge in [0.2, 0.25) is 0 Å². The maximum Gasteiger partial charge on any atom is 0.340 e. The number of benzene rings is 2. The first-order chi connectivity index (χ1) is 11.4. The third kappa shape index (κ3) is 4.09. The predicted molar refractivity (Wildman–Crippen MR) is 87.8 cm³/mol. The molecule has 0 fully saturated rings. The smallest absolute Gasteiger partial charge is 0.340 e. The minimum absolute atomic E-state index is 0.0134. The van der Waals surface area contributed by atoms with E-state index in [2.05, 4.69) is 14.8 Å². The summed E-state index contributed by atoms with van der Waals surface area (Å²) in [5, 5.41) is 2.96. The summed E-state index contributed by atoms with van der Waals surface area (Å²) in [6.07, 6.45) is 0. The van der Waals surface area contributed by atoms with E-state index in [4.69, 9.17) is 0 Å². The minimum atomic E-state index is -3.85. The molecule has 0 amide bonds. The number of esters is 1. The van der Waals surface area contributed by atoms with E-state index in [9.17, 15) is 17.6 Å². The van der Waals surface area contributed by atoms with Crippen LogP contribution in [0.4, 0.5) is 10.1 Å². The molecule has 0 aliphatic carbocycles. The summed E-state index contributed by atoms with van der Waals surface area (Å²) in [5.41, 5.74) is 0.682. The molecule has 0 aliphatic rings. The number of rotatable bonds is 6. The van der Waals surface area contributed by atoms with Gasteiger partial charge in [-0.15, -0.1) is 0 Å². The van der Waals surface area contributed by atoms with Gasteiger partial charge in [0.25, 0.3) is 10.0 Å². The third-order valence-corrected chi connectivity index (χ3v) is 4.64. The van der Waals surface area contributed by atoms with Crippen LogP contribution in [-0.2, 0) is 21.3 Å². The summed E-state index contributed by atoms with van der Waals surface area (Å²) in [6, 6.07) is 9.69. The summed E-state index contributed by atoms with van der Waals surface area (Å²) in [7, 11) is -0.928. The first kappa shape index (κ1) is 17.9. The second-order valence-electron chi connectivity index (χ2n) is 4.97. The highest BCUT2D eigenvalue weighted by atomic mass is 32.2. The molecule has 0 aromatic heterocycles. The van der Waals surface area contributed by atoms with E-state index in [0.717, 1.165) is 24.8 Å². The highest BCUT2D eigenvalue weighted by Crippen LogP contribution is 2.20. The Kier molecular flexibility index (Phi) is 5.53. The van der Waals surface area contributed by atoms with Gasteiger partial charge in [0.05, 0.1) is 23.3 Å². The van der Waals surface area contributed by atoms with E-state index in [-0.39, 0.29) is 16.1 Å². The van der Waals surface area contributed by atoms with Gasteiger partial charge in [0, 0.05) is 6.54 Å². The van der Waals surface area contributed by atoms with Crippen LogP contribution in [-0.4, -0.2) is 28.5 Å². The molecule has 0 saturated carbocycles. The Morgan fingerprint density at radius 1 is 1.17 bits per heavy atom. The Morgan fingerprint density at radius 3 is 2.38 bits per heavy atom. The Morgan fingerprint density at radius 2 is 1.83 bits per heavy atom. The Balaban J connectivity index is 2.22. The number of ether oxygens (including phenoxy) is 1. The number of carbonyl (C=O) groups is 1. The molecule has 2 N–H and O–H groups in total. The largest absolute Gasteiger partial charge is 0.465 e. The van der Waals surface area contributed by atoms with Crippen LogP contribution in [0.2, 0.25) is 0 Å². The maximum absolute atomic E-state index is 13.9. The Labute approximate surface area is 139 Å². The average Bonchev–Trinajstić information content (AvgIpc) is 2.55.